The van der Waals surface area contributed by atoms with E-state index < -0.39 is 0 Å². The van der Waals surface area contributed by atoms with Gasteiger partial charge in [-0.25, -0.2) is 0 Å². The second-order valence-electron chi connectivity index (χ2n) is 6.76. The molecule has 2 unspecified atom stereocenters. The van der Waals surface area contributed by atoms with Crippen molar-refractivity contribution in [3.8, 4) is 11.5 Å². The van der Waals surface area contributed by atoms with Crippen LogP contribution in [0.1, 0.15) is 43.9 Å². The molecule has 0 bridgehead atoms. The van der Waals surface area contributed by atoms with Gasteiger partial charge in [0.25, 0.3) is 0 Å². The summed E-state index contributed by atoms with van der Waals surface area (Å²) in [6.45, 7) is 6.26. The van der Waals surface area contributed by atoms with Crippen LogP contribution in [-0.4, -0.2) is 26.2 Å². The van der Waals surface area contributed by atoms with E-state index in [-0.39, 0.29) is 18.0 Å². The predicted octanol–water partition coefficient (Wildman–Crippen LogP) is 4.47. The number of rotatable bonds is 9. The van der Waals surface area contributed by atoms with Crippen LogP contribution in [0.3, 0.4) is 0 Å². The zero-order chi connectivity index (χ0) is 19.8. The lowest BCUT2D eigenvalue weighted by atomic mass is 10.0. The third-order valence-electron chi connectivity index (χ3n) is 4.55. The van der Waals surface area contributed by atoms with Gasteiger partial charge >= 0.3 is 0 Å². The quantitative estimate of drug-likeness (QED) is 0.684. The molecule has 5 nitrogen and oxygen atoms in total. The Kier molecular flexibility index (Phi) is 7.67. The molecule has 146 valence electrons. The monoisotopic (exact) mass is 370 g/mol. The lowest BCUT2D eigenvalue weighted by molar-refractivity contribution is -0.116. The molecular formula is C22H30N2O3. The van der Waals surface area contributed by atoms with Crippen molar-refractivity contribution in [1.29, 1.82) is 0 Å². The topological polar surface area (TPSA) is 59.6 Å². The summed E-state index contributed by atoms with van der Waals surface area (Å²) in [7, 11) is 3.17. The average molecular weight is 370 g/mol. The van der Waals surface area contributed by atoms with E-state index in [2.05, 4.69) is 48.7 Å². The Labute approximate surface area is 162 Å². The Balaban J connectivity index is 1.95. The number of nitrogens with one attached hydrogen (secondary N) is 2. The normalized spacial score (nSPS) is 12.9. The van der Waals surface area contributed by atoms with Crippen LogP contribution in [0, 0.1) is 6.92 Å². The Morgan fingerprint density at radius 2 is 1.78 bits per heavy atom. The van der Waals surface area contributed by atoms with Crippen molar-refractivity contribution in [2.24, 2.45) is 0 Å². The fourth-order valence-corrected chi connectivity index (χ4v) is 3.03. The van der Waals surface area contributed by atoms with Crippen LogP contribution in [0.2, 0.25) is 0 Å². The van der Waals surface area contributed by atoms with Crippen molar-refractivity contribution in [3.63, 3.8) is 0 Å². The third-order valence-corrected chi connectivity index (χ3v) is 4.55. The number of amides is 1. The molecule has 1 amide bonds. The highest BCUT2D eigenvalue weighted by Crippen LogP contribution is 2.29. The van der Waals surface area contributed by atoms with Crippen molar-refractivity contribution < 1.29 is 14.3 Å². The van der Waals surface area contributed by atoms with Crippen molar-refractivity contribution >= 4 is 11.6 Å². The molecule has 0 aromatic heterocycles. The number of ether oxygens (including phenoxy) is 2. The van der Waals surface area contributed by atoms with Gasteiger partial charge in [0.05, 0.1) is 19.9 Å². The number of benzene rings is 2. The number of aryl methyl sites for hydroxylation is 1. The summed E-state index contributed by atoms with van der Waals surface area (Å²) in [5, 5.41) is 6.48. The highest BCUT2D eigenvalue weighted by Gasteiger charge is 2.16. The molecule has 0 fully saturated rings. The lowest BCUT2D eigenvalue weighted by Crippen LogP contribution is -2.33. The maximum absolute atomic E-state index is 12.5. The zero-order valence-electron chi connectivity index (χ0n) is 16.8. The summed E-state index contributed by atoms with van der Waals surface area (Å²) in [6.07, 6.45) is 1.33. The molecule has 2 rings (SSSR count). The minimum absolute atomic E-state index is 0.0421. The highest BCUT2D eigenvalue weighted by molar-refractivity contribution is 5.92. The molecular weight excluding hydrogens is 340 g/mol. The SMILES string of the molecule is CCC(NC(C)CC(=O)Nc1ccc(OC)cc1OC)c1ccc(C)cc1. The van der Waals surface area contributed by atoms with Crippen LogP contribution in [0.15, 0.2) is 42.5 Å². The predicted molar refractivity (Wildman–Crippen MR) is 110 cm³/mol. The van der Waals surface area contributed by atoms with Crippen LogP contribution < -0.4 is 20.1 Å². The Morgan fingerprint density at radius 1 is 1.07 bits per heavy atom. The molecule has 5 heteroatoms. The summed E-state index contributed by atoms with van der Waals surface area (Å²) in [5.41, 5.74) is 3.13. The first-order chi connectivity index (χ1) is 13.0. The first-order valence-electron chi connectivity index (χ1n) is 9.31. The fourth-order valence-electron chi connectivity index (χ4n) is 3.03. The van der Waals surface area contributed by atoms with E-state index in [1.165, 1.54) is 11.1 Å². The second-order valence-corrected chi connectivity index (χ2v) is 6.76. The molecule has 2 aromatic carbocycles. The molecule has 0 aliphatic heterocycles. The van der Waals surface area contributed by atoms with E-state index >= 15 is 0 Å². The molecule has 2 atom stereocenters. The molecule has 0 radical (unpaired) electrons. The Bertz CT molecular complexity index is 744. The van der Waals surface area contributed by atoms with Crippen molar-refractivity contribution in [2.45, 2.75) is 45.7 Å². The van der Waals surface area contributed by atoms with Gasteiger partial charge in [-0.3, -0.25) is 4.79 Å². The van der Waals surface area contributed by atoms with E-state index in [1.807, 2.05) is 6.92 Å². The number of carbonyl (C=O) groups excluding carboxylic acids is 1. The summed E-state index contributed by atoms with van der Waals surface area (Å²) in [6, 6.07) is 14.1. The summed E-state index contributed by atoms with van der Waals surface area (Å²) in [5.74, 6) is 1.20. The smallest absolute Gasteiger partial charge is 0.226 e. The highest BCUT2D eigenvalue weighted by atomic mass is 16.5. The van der Waals surface area contributed by atoms with E-state index in [4.69, 9.17) is 9.47 Å². The minimum Gasteiger partial charge on any atom is -0.497 e. The molecule has 0 spiro atoms. The molecule has 0 saturated carbocycles. The average Bonchev–Trinajstić information content (AvgIpc) is 2.67. The van der Waals surface area contributed by atoms with Gasteiger partial charge in [0.2, 0.25) is 5.91 Å². The number of carbonyl (C=O) groups is 1. The van der Waals surface area contributed by atoms with Gasteiger partial charge in [-0.15, -0.1) is 0 Å². The summed E-state index contributed by atoms with van der Waals surface area (Å²) >= 11 is 0. The first kappa shape index (κ1) is 20.8. The maximum Gasteiger partial charge on any atom is 0.226 e. The number of hydrogen-bond donors (Lipinski definition) is 2. The van der Waals surface area contributed by atoms with Gasteiger partial charge in [-0.05, 0) is 38.0 Å². The zero-order valence-corrected chi connectivity index (χ0v) is 16.8. The Morgan fingerprint density at radius 3 is 2.37 bits per heavy atom. The minimum atomic E-state index is -0.0581. The molecule has 0 saturated heterocycles. The van der Waals surface area contributed by atoms with Gasteiger partial charge in [0, 0.05) is 24.6 Å². The van der Waals surface area contributed by atoms with Gasteiger partial charge in [0.15, 0.2) is 0 Å². The molecule has 0 heterocycles. The fraction of sp³-hybridized carbons (Fsp3) is 0.409. The number of anilines is 1. The summed E-state index contributed by atoms with van der Waals surface area (Å²) in [4.78, 5) is 12.5. The number of methoxy groups -OCH3 is 2. The third kappa shape index (κ3) is 6.00. The van der Waals surface area contributed by atoms with Crippen LogP contribution in [0.4, 0.5) is 5.69 Å². The van der Waals surface area contributed by atoms with E-state index in [1.54, 1.807) is 32.4 Å². The molecule has 27 heavy (non-hydrogen) atoms. The van der Waals surface area contributed by atoms with Crippen LogP contribution in [0.5, 0.6) is 11.5 Å². The van der Waals surface area contributed by atoms with E-state index in [0.717, 1.165) is 6.42 Å². The molecule has 2 N–H and O–H groups in total. The van der Waals surface area contributed by atoms with Crippen molar-refractivity contribution in [3.05, 3.63) is 53.6 Å². The van der Waals surface area contributed by atoms with Crippen LogP contribution >= 0.6 is 0 Å². The Hall–Kier alpha value is -2.53. The first-order valence-corrected chi connectivity index (χ1v) is 9.31. The number of hydrogen-bond acceptors (Lipinski definition) is 4. The van der Waals surface area contributed by atoms with Gasteiger partial charge < -0.3 is 20.1 Å². The van der Waals surface area contributed by atoms with Crippen LogP contribution in [0.25, 0.3) is 0 Å². The maximum atomic E-state index is 12.5. The molecule has 0 aliphatic rings. The van der Waals surface area contributed by atoms with Crippen LogP contribution in [-0.2, 0) is 4.79 Å². The van der Waals surface area contributed by atoms with E-state index in [0.29, 0.717) is 23.6 Å². The van der Waals surface area contributed by atoms with Gasteiger partial charge in [-0.1, -0.05) is 36.8 Å². The van der Waals surface area contributed by atoms with Crippen molar-refractivity contribution in [2.75, 3.05) is 19.5 Å². The lowest BCUT2D eigenvalue weighted by Gasteiger charge is -2.23. The summed E-state index contributed by atoms with van der Waals surface area (Å²) < 4.78 is 10.5. The molecule has 2 aromatic rings. The van der Waals surface area contributed by atoms with Gasteiger partial charge in [0.1, 0.15) is 11.5 Å². The van der Waals surface area contributed by atoms with Gasteiger partial charge in [-0.2, -0.15) is 0 Å². The standard InChI is InChI=1S/C22H30N2O3/c1-6-19(17-9-7-15(2)8-10-17)23-16(3)13-22(25)24-20-12-11-18(26-4)14-21(20)27-5/h7-12,14,16,19,23H,6,13H2,1-5H3,(H,24,25). The van der Waals surface area contributed by atoms with E-state index in [9.17, 15) is 4.79 Å². The second kappa shape index (κ2) is 9.97. The largest absolute Gasteiger partial charge is 0.497 e. The van der Waals surface area contributed by atoms with Crippen molar-refractivity contribution in [1.82, 2.24) is 5.32 Å². The molecule has 0 aliphatic carbocycles.